The molecule has 0 aliphatic rings. The molecule has 1 amide bonds. The number of aryl methyl sites for hydroxylation is 1. The molecule has 0 aliphatic carbocycles. The molecular formula is C18H20ClNO3. The molecule has 0 saturated carbocycles. The predicted molar refractivity (Wildman–Crippen MR) is 91.2 cm³/mol. The molecular weight excluding hydrogens is 314 g/mol. The number of methoxy groups -OCH3 is 2. The fourth-order valence-corrected chi connectivity index (χ4v) is 2.44. The smallest absolute Gasteiger partial charge is 0.220 e. The van der Waals surface area contributed by atoms with Crippen molar-refractivity contribution in [3.8, 4) is 11.5 Å². The van der Waals surface area contributed by atoms with E-state index in [-0.39, 0.29) is 5.91 Å². The lowest BCUT2D eigenvalue weighted by Gasteiger charge is -2.10. The minimum atomic E-state index is -0.000222. The Labute approximate surface area is 141 Å². The van der Waals surface area contributed by atoms with Gasteiger partial charge in [0.1, 0.15) is 0 Å². The van der Waals surface area contributed by atoms with Crippen LogP contribution in [0, 0.1) is 0 Å². The van der Waals surface area contributed by atoms with Crippen LogP contribution < -0.4 is 14.8 Å². The Morgan fingerprint density at radius 2 is 1.83 bits per heavy atom. The standard InChI is InChI=1S/C18H20ClNO3/c1-22-16-8-6-14(11-17(16)23-2)12-20-18(21)9-7-13-4-3-5-15(19)10-13/h3-6,8,10-11H,7,9,12H2,1-2H3,(H,20,21). The van der Waals surface area contributed by atoms with Crippen molar-refractivity contribution >= 4 is 17.5 Å². The van der Waals surface area contributed by atoms with E-state index in [9.17, 15) is 4.79 Å². The maximum Gasteiger partial charge on any atom is 0.220 e. The highest BCUT2D eigenvalue weighted by molar-refractivity contribution is 6.30. The molecule has 0 aromatic heterocycles. The summed E-state index contributed by atoms with van der Waals surface area (Å²) in [6.07, 6.45) is 1.09. The Bertz CT molecular complexity index is 673. The van der Waals surface area contributed by atoms with Crippen LogP contribution in [0.1, 0.15) is 17.5 Å². The van der Waals surface area contributed by atoms with E-state index >= 15 is 0 Å². The van der Waals surface area contributed by atoms with Crippen molar-refractivity contribution in [1.29, 1.82) is 0 Å². The second-order valence-corrected chi connectivity index (χ2v) is 5.53. The zero-order chi connectivity index (χ0) is 16.7. The van der Waals surface area contributed by atoms with Gasteiger partial charge in [-0.25, -0.2) is 0 Å². The number of nitrogens with one attached hydrogen (secondary N) is 1. The summed E-state index contributed by atoms with van der Waals surface area (Å²) >= 11 is 5.93. The zero-order valence-electron chi connectivity index (χ0n) is 13.3. The average molecular weight is 334 g/mol. The summed E-state index contributed by atoms with van der Waals surface area (Å²) in [4.78, 5) is 12.0. The molecule has 2 aromatic carbocycles. The highest BCUT2D eigenvalue weighted by Gasteiger charge is 2.06. The monoisotopic (exact) mass is 333 g/mol. The lowest BCUT2D eigenvalue weighted by Crippen LogP contribution is -2.23. The van der Waals surface area contributed by atoms with Crippen LogP contribution in [0.3, 0.4) is 0 Å². The van der Waals surface area contributed by atoms with Crippen molar-refractivity contribution in [3.05, 3.63) is 58.6 Å². The van der Waals surface area contributed by atoms with E-state index in [2.05, 4.69) is 5.32 Å². The number of rotatable bonds is 7. The number of hydrogen-bond acceptors (Lipinski definition) is 3. The van der Waals surface area contributed by atoms with Gasteiger partial charge in [0.05, 0.1) is 14.2 Å². The van der Waals surface area contributed by atoms with Gasteiger partial charge >= 0.3 is 0 Å². The SMILES string of the molecule is COc1ccc(CNC(=O)CCc2cccc(Cl)c2)cc1OC. The van der Waals surface area contributed by atoms with Crippen LogP contribution in [0.2, 0.25) is 5.02 Å². The van der Waals surface area contributed by atoms with Gasteiger partial charge in [-0.05, 0) is 41.8 Å². The molecule has 23 heavy (non-hydrogen) atoms. The third kappa shape index (κ3) is 5.18. The first-order valence-corrected chi connectivity index (χ1v) is 7.72. The van der Waals surface area contributed by atoms with Gasteiger partial charge in [-0.2, -0.15) is 0 Å². The second kappa shape index (κ2) is 8.44. The lowest BCUT2D eigenvalue weighted by molar-refractivity contribution is -0.121. The third-order valence-corrected chi connectivity index (χ3v) is 3.70. The largest absolute Gasteiger partial charge is 0.493 e. The van der Waals surface area contributed by atoms with E-state index in [1.807, 2.05) is 42.5 Å². The van der Waals surface area contributed by atoms with Crippen LogP contribution in [-0.2, 0) is 17.8 Å². The Morgan fingerprint density at radius 3 is 2.52 bits per heavy atom. The van der Waals surface area contributed by atoms with Gasteiger partial charge in [0, 0.05) is 18.0 Å². The first-order chi connectivity index (χ1) is 11.1. The first-order valence-electron chi connectivity index (χ1n) is 7.34. The molecule has 122 valence electrons. The Morgan fingerprint density at radius 1 is 1.04 bits per heavy atom. The van der Waals surface area contributed by atoms with E-state index in [1.54, 1.807) is 14.2 Å². The number of hydrogen-bond donors (Lipinski definition) is 1. The molecule has 4 nitrogen and oxygen atoms in total. The number of halogens is 1. The molecule has 0 bridgehead atoms. The number of amides is 1. The number of ether oxygens (including phenoxy) is 2. The Hall–Kier alpha value is -2.20. The van der Waals surface area contributed by atoms with Crippen LogP contribution in [-0.4, -0.2) is 20.1 Å². The van der Waals surface area contributed by atoms with Crippen LogP contribution in [0.25, 0.3) is 0 Å². The third-order valence-electron chi connectivity index (χ3n) is 3.47. The molecule has 0 saturated heterocycles. The molecule has 0 fully saturated rings. The number of carbonyl (C=O) groups is 1. The molecule has 0 atom stereocenters. The molecule has 2 aromatic rings. The van der Waals surface area contributed by atoms with Crippen molar-refractivity contribution in [2.75, 3.05) is 14.2 Å². The Balaban J connectivity index is 1.84. The van der Waals surface area contributed by atoms with Gasteiger partial charge < -0.3 is 14.8 Å². The molecule has 0 unspecified atom stereocenters. The van der Waals surface area contributed by atoms with E-state index < -0.39 is 0 Å². The van der Waals surface area contributed by atoms with E-state index in [4.69, 9.17) is 21.1 Å². The maximum atomic E-state index is 12.0. The van der Waals surface area contributed by atoms with Crippen LogP contribution >= 0.6 is 11.6 Å². The van der Waals surface area contributed by atoms with Gasteiger partial charge in [0.15, 0.2) is 11.5 Å². The summed E-state index contributed by atoms with van der Waals surface area (Å²) in [5.74, 6) is 1.32. The summed E-state index contributed by atoms with van der Waals surface area (Å²) < 4.78 is 10.4. The minimum Gasteiger partial charge on any atom is -0.493 e. The van der Waals surface area contributed by atoms with Gasteiger partial charge in [-0.3, -0.25) is 4.79 Å². The zero-order valence-corrected chi connectivity index (χ0v) is 14.0. The number of benzene rings is 2. The van der Waals surface area contributed by atoms with Crippen LogP contribution in [0.15, 0.2) is 42.5 Å². The van der Waals surface area contributed by atoms with Gasteiger partial charge in [0.25, 0.3) is 0 Å². The summed E-state index contributed by atoms with van der Waals surface area (Å²) in [6.45, 7) is 0.453. The van der Waals surface area contributed by atoms with Gasteiger partial charge in [-0.1, -0.05) is 29.8 Å². The molecule has 0 spiro atoms. The average Bonchev–Trinajstić information content (AvgIpc) is 2.57. The summed E-state index contributed by atoms with van der Waals surface area (Å²) in [5.41, 5.74) is 2.01. The summed E-state index contributed by atoms with van der Waals surface area (Å²) in [6, 6.07) is 13.1. The predicted octanol–water partition coefficient (Wildman–Crippen LogP) is 3.61. The Kier molecular flexibility index (Phi) is 6.29. The maximum absolute atomic E-state index is 12.0. The molecule has 5 heteroatoms. The summed E-state index contributed by atoms with van der Waals surface area (Å²) in [5, 5.41) is 3.59. The van der Waals surface area contributed by atoms with Crippen molar-refractivity contribution in [1.82, 2.24) is 5.32 Å². The molecule has 0 aliphatic heterocycles. The van der Waals surface area contributed by atoms with Crippen molar-refractivity contribution in [2.24, 2.45) is 0 Å². The first kappa shape index (κ1) is 17.2. The second-order valence-electron chi connectivity index (χ2n) is 5.10. The van der Waals surface area contributed by atoms with Crippen molar-refractivity contribution in [3.63, 3.8) is 0 Å². The fraction of sp³-hybridized carbons (Fsp3) is 0.278. The van der Waals surface area contributed by atoms with Crippen LogP contribution in [0.5, 0.6) is 11.5 Å². The molecule has 0 radical (unpaired) electrons. The molecule has 1 N–H and O–H groups in total. The quantitative estimate of drug-likeness (QED) is 0.842. The van der Waals surface area contributed by atoms with E-state index in [0.717, 1.165) is 11.1 Å². The topological polar surface area (TPSA) is 47.6 Å². The molecule has 2 rings (SSSR count). The van der Waals surface area contributed by atoms with Gasteiger partial charge in [-0.15, -0.1) is 0 Å². The van der Waals surface area contributed by atoms with Crippen LogP contribution in [0.4, 0.5) is 0 Å². The summed E-state index contributed by atoms with van der Waals surface area (Å²) in [7, 11) is 3.18. The van der Waals surface area contributed by atoms with Crippen molar-refractivity contribution < 1.29 is 14.3 Å². The van der Waals surface area contributed by atoms with E-state index in [1.165, 1.54) is 0 Å². The lowest BCUT2D eigenvalue weighted by atomic mass is 10.1. The minimum absolute atomic E-state index is 0.000222. The normalized spacial score (nSPS) is 10.2. The molecule has 0 heterocycles. The fourth-order valence-electron chi connectivity index (χ4n) is 2.23. The number of carbonyl (C=O) groups excluding carboxylic acids is 1. The highest BCUT2D eigenvalue weighted by atomic mass is 35.5. The van der Waals surface area contributed by atoms with E-state index in [0.29, 0.717) is 35.9 Å². The highest BCUT2D eigenvalue weighted by Crippen LogP contribution is 2.27. The van der Waals surface area contributed by atoms with Crippen molar-refractivity contribution in [2.45, 2.75) is 19.4 Å². The van der Waals surface area contributed by atoms with Gasteiger partial charge in [0.2, 0.25) is 5.91 Å².